The van der Waals surface area contributed by atoms with Crippen molar-refractivity contribution in [3.63, 3.8) is 0 Å². The summed E-state index contributed by atoms with van der Waals surface area (Å²) in [7, 11) is 0. The normalized spacial score (nSPS) is 23.3. The van der Waals surface area contributed by atoms with E-state index in [1.165, 1.54) is 37.7 Å². The topological polar surface area (TPSA) is 59.6 Å². The van der Waals surface area contributed by atoms with Crippen LogP contribution in [0.3, 0.4) is 0 Å². The van der Waals surface area contributed by atoms with Gasteiger partial charge in [-0.2, -0.15) is 0 Å². The molecule has 1 saturated carbocycles. The van der Waals surface area contributed by atoms with Gasteiger partial charge in [0.1, 0.15) is 0 Å². The molecule has 4 heteroatoms. The van der Waals surface area contributed by atoms with Crippen molar-refractivity contribution in [3.05, 3.63) is 11.6 Å². The molecule has 1 heterocycles. The van der Waals surface area contributed by atoms with Crippen LogP contribution < -0.4 is 11.1 Å². The molecular weight excluding hydrogens is 214 g/mol. The number of rotatable bonds is 3. The van der Waals surface area contributed by atoms with Crippen molar-refractivity contribution in [2.45, 2.75) is 44.6 Å². The molecule has 1 aliphatic carbocycles. The molecule has 0 spiro atoms. The number of hydrogen-bond acceptors (Lipinski definition) is 2. The monoisotopic (exact) mass is 237 g/mol. The summed E-state index contributed by atoms with van der Waals surface area (Å²) in [5.41, 5.74) is 7.24. The quantitative estimate of drug-likeness (QED) is 0.445. The van der Waals surface area contributed by atoms with Crippen LogP contribution in [0.2, 0.25) is 0 Å². The maximum Gasteiger partial charge on any atom is 0.189 e. The van der Waals surface area contributed by atoms with Gasteiger partial charge in [0.2, 0.25) is 0 Å². The Morgan fingerprint density at radius 2 is 2.24 bits per heavy atom. The highest BCUT2D eigenvalue weighted by Gasteiger charge is 2.13. The van der Waals surface area contributed by atoms with E-state index < -0.39 is 0 Å². The van der Waals surface area contributed by atoms with Gasteiger partial charge in [-0.3, -0.25) is 0 Å². The predicted molar refractivity (Wildman–Crippen MR) is 70.0 cm³/mol. The second-order valence-electron chi connectivity index (χ2n) is 4.87. The Kier molecular flexibility index (Phi) is 4.86. The number of aliphatic imine (C=N–C) groups is 1. The Balaban J connectivity index is 1.74. The van der Waals surface area contributed by atoms with Crippen LogP contribution in [0.5, 0.6) is 0 Å². The fraction of sp³-hybridized carbons (Fsp3) is 0.769. The van der Waals surface area contributed by atoms with Crippen LogP contribution in [0.4, 0.5) is 0 Å². The average molecular weight is 237 g/mol. The first-order chi connectivity index (χ1) is 8.34. The number of nitrogens with two attached hydrogens (primary N) is 1. The maximum absolute atomic E-state index is 5.90. The summed E-state index contributed by atoms with van der Waals surface area (Å²) in [5, 5.41) is 3.33. The van der Waals surface area contributed by atoms with Gasteiger partial charge in [-0.1, -0.05) is 25.3 Å². The summed E-state index contributed by atoms with van der Waals surface area (Å²) in [5.74, 6) is 0.601. The van der Waals surface area contributed by atoms with Crippen LogP contribution in [0, 0.1) is 0 Å². The van der Waals surface area contributed by atoms with Gasteiger partial charge in [-0.25, -0.2) is 4.99 Å². The van der Waals surface area contributed by atoms with E-state index in [2.05, 4.69) is 16.4 Å². The predicted octanol–water partition coefficient (Wildman–Crippen LogP) is 1.57. The minimum atomic E-state index is 0.538. The van der Waals surface area contributed by atoms with Gasteiger partial charge >= 0.3 is 0 Å². The fourth-order valence-electron chi connectivity index (χ4n) is 2.40. The van der Waals surface area contributed by atoms with Gasteiger partial charge in [-0.15, -0.1) is 0 Å². The summed E-state index contributed by atoms with van der Waals surface area (Å²) < 4.78 is 5.26. The zero-order valence-corrected chi connectivity index (χ0v) is 10.5. The third-order valence-electron chi connectivity index (χ3n) is 3.47. The molecule has 3 N–H and O–H groups in total. The standard InChI is InChI=1S/C13H23N3O/c14-13(16-12-4-2-1-3-5-12)15-10-11-6-8-17-9-7-11/h6,12H,1-5,7-10H2,(H3,14,15,16). The SMILES string of the molecule is NC(=NCC1=CCOCC1)NC1CCCCC1. The molecule has 0 saturated heterocycles. The van der Waals surface area contributed by atoms with E-state index in [0.29, 0.717) is 12.0 Å². The second-order valence-corrected chi connectivity index (χ2v) is 4.87. The lowest BCUT2D eigenvalue weighted by atomic mass is 9.96. The van der Waals surface area contributed by atoms with Gasteiger partial charge in [0, 0.05) is 6.04 Å². The zero-order valence-electron chi connectivity index (χ0n) is 10.5. The van der Waals surface area contributed by atoms with Crippen LogP contribution in [0.1, 0.15) is 38.5 Å². The van der Waals surface area contributed by atoms with Crippen molar-refractivity contribution in [1.29, 1.82) is 0 Å². The Morgan fingerprint density at radius 3 is 2.94 bits per heavy atom. The molecule has 1 aliphatic heterocycles. The minimum absolute atomic E-state index is 0.538. The van der Waals surface area contributed by atoms with E-state index in [-0.39, 0.29) is 0 Å². The van der Waals surface area contributed by atoms with Crippen LogP contribution in [0.15, 0.2) is 16.6 Å². The van der Waals surface area contributed by atoms with Crippen molar-refractivity contribution in [3.8, 4) is 0 Å². The molecule has 2 rings (SSSR count). The van der Waals surface area contributed by atoms with Crippen molar-refractivity contribution in [2.75, 3.05) is 19.8 Å². The average Bonchev–Trinajstić information content (AvgIpc) is 2.39. The molecule has 17 heavy (non-hydrogen) atoms. The zero-order chi connectivity index (χ0) is 11.9. The molecule has 0 aromatic heterocycles. The third kappa shape index (κ3) is 4.38. The van der Waals surface area contributed by atoms with E-state index in [1.807, 2.05) is 0 Å². The lowest BCUT2D eigenvalue weighted by Crippen LogP contribution is -2.41. The van der Waals surface area contributed by atoms with Gasteiger partial charge in [0.25, 0.3) is 0 Å². The summed E-state index contributed by atoms with van der Waals surface area (Å²) in [6.45, 7) is 2.26. The van der Waals surface area contributed by atoms with Crippen LogP contribution in [-0.4, -0.2) is 31.8 Å². The lowest BCUT2D eigenvalue weighted by Gasteiger charge is -2.23. The number of nitrogens with zero attached hydrogens (tertiary/aromatic N) is 1. The summed E-state index contributed by atoms with van der Waals surface area (Å²) >= 11 is 0. The molecule has 0 atom stereocenters. The van der Waals surface area contributed by atoms with Crippen LogP contribution in [-0.2, 0) is 4.74 Å². The molecule has 0 bridgehead atoms. The van der Waals surface area contributed by atoms with E-state index in [4.69, 9.17) is 10.5 Å². The van der Waals surface area contributed by atoms with E-state index in [9.17, 15) is 0 Å². The number of nitrogens with one attached hydrogen (secondary N) is 1. The molecule has 96 valence electrons. The summed E-state index contributed by atoms with van der Waals surface area (Å²) in [4.78, 5) is 4.40. The van der Waals surface area contributed by atoms with Crippen LogP contribution >= 0.6 is 0 Å². The first kappa shape index (κ1) is 12.4. The molecule has 0 radical (unpaired) electrons. The molecular formula is C13H23N3O. The minimum Gasteiger partial charge on any atom is -0.377 e. The van der Waals surface area contributed by atoms with Crippen molar-refractivity contribution in [2.24, 2.45) is 10.7 Å². The van der Waals surface area contributed by atoms with Crippen molar-refractivity contribution >= 4 is 5.96 Å². The highest BCUT2D eigenvalue weighted by atomic mass is 16.5. The van der Waals surface area contributed by atoms with Gasteiger partial charge < -0.3 is 15.8 Å². The third-order valence-corrected chi connectivity index (χ3v) is 3.47. The van der Waals surface area contributed by atoms with E-state index in [0.717, 1.165) is 26.2 Å². The van der Waals surface area contributed by atoms with Crippen molar-refractivity contribution in [1.82, 2.24) is 5.32 Å². The summed E-state index contributed by atoms with van der Waals surface area (Å²) in [6, 6.07) is 0.538. The Bertz CT molecular complexity index is 293. The fourth-order valence-corrected chi connectivity index (χ4v) is 2.40. The first-order valence-corrected chi connectivity index (χ1v) is 6.67. The maximum atomic E-state index is 5.90. The second kappa shape index (κ2) is 6.64. The molecule has 1 fully saturated rings. The molecule has 2 aliphatic rings. The highest BCUT2D eigenvalue weighted by Crippen LogP contribution is 2.17. The number of ether oxygens (including phenoxy) is 1. The molecule has 0 aromatic carbocycles. The summed E-state index contributed by atoms with van der Waals surface area (Å²) in [6.07, 6.45) is 9.55. The Labute approximate surface area is 103 Å². The Hall–Kier alpha value is -1.03. The molecule has 4 nitrogen and oxygen atoms in total. The largest absolute Gasteiger partial charge is 0.377 e. The smallest absolute Gasteiger partial charge is 0.189 e. The Morgan fingerprint density at radius 1 is 1.41 bits per heavy atom. The van der Waals surface area contributed by atoms with Gasteiger partial charge in [-0.05, 0) is 24.8 Å². The highest BCUT2D eigenvalue weighted by molar-refractivity contribution is 5.78. The first-order valence-electron chi connectivity index (χ1n) is 6.67. The molecule has 0 aromatic rings. The number of hydrogen-bond donors (Lipinski definition) is 2. The van der Waals surface area contributed by atoms with E-state index in [1.54, 1.807) is 0 Å². The van der Waals surface area contributed by atoms with Gasteiger partial charge in [0.15, 0.2) is 5.96 Å². The molecule has 0 amide bonds. The van der Waals surface area contributed by atoms with E-state index >= 15 is 0 Å². The van der Waals surface area contributed by atoms with Crippen LogP contribution in [0.25, 0.3) is 0 Å². The van der Waals surface area contributed by atoms with Gasteiger partial charge in [0.05, 0.1) is 19.8 Å². The molecule has 0 unspecified atom stereocenters. The van der Waals surface area contributed by atoms with Crippen molar-refractivity contribution < 1.29 is 4.74 Å². The number of guanidine groups is 1. The lowest BCUT2D eigenvalue weighted by molar-refractivity contribution is 0.154.